The quantitative estimate of drug-likeness (QED) is 0.797. The monoisotopic (exact) mass is 345 g/mol. The summed E-state index contributed by atoms with van der Waals surface area (Å²) in [6, 6.07) is 7.76. The van der Waals surface area contributed by atoms with Crippen LogP contribution in [0.2, 0.25) is 0 Å². The summed E-state index contributed by atoms with van der Waals surface area (Å²) in [6.45, 7) is 6.96. The van der Waals surface area contributed by atoms with Gasteiger partial charge in [0.05, 0.1) is 11.8 Å². The molecule has 0 aromatic heterocycles. The van der Waals surface area contributed by atoms with Crippen molar-refractivity contribution in [3.63, 3.8) is 0 Å². The van der Waals surface area contributed by atoms with E-state index in [9.17, 15) is 4.79 Å². The normalized spacial score (nSPS) is 13.1. The standard InChI is InChI=1S/C15H21BrClNO/c1-15(2,3)9-13(17)10-18-14(19)8-11-4-6-12(16)7-5-11/h4-7,13H,8-10H2,1-3H3,(H,18,19). The third-order valence-corrected chi connectivity index (χ3v) is 3.47. The maximum Gasteiger partial charge on any atom is 0.224 e. The van der Waals surface area contributed by atoms with Crippen LogP contribution in [0.1, 0.15) is 32.8 Å². The molecule has 0 aliphatic heterocycles. The van der Waals surface area contributed by atoms with Crippen molar-refractivity contribution in [3.8, 4) is 0 Å². The molecule has 0 heterocycles. The summed E-state index contributed by atoms with van der Waals surface area (Å²) in [5.74, 6) is 0.0156. The van der Waals surface area contributed by atoms with Gasteiger partial charge < -0.3 is 5.32 Å². The summed E-state index contributed by atoms with van der Waals surface area (Å²) < 4.78 is 1.02. The molecular formula is C15H21BrClNO. The largest absolute Gasteiger partial charge is 0.354 e. The van der Waals surface area contributed by atoms with Crippen LogP contribution in [0.3, 0.4) is 0 Å². The van der Waals surface area contributed by atoms with Gasteiger partial charge in [0.25, 0.3) is 0 Å². The number of carbonyl (C=O) groups excluding carboxylic acids is 1. The summed E-state index contributed by atoms with van der Waals surface area (Å²) in [5.41, 5.74) is 1.19. The Balaban J connectivity index is 2.34. The number of rotatable bonds is 5. The third kappa shape index (κ3) is 7.58. The molecule has 0 radical (unpaired) electrons. The van der Waals surface area contributed by atoms with Crippen LogP contribution in [0, 0.1) is 5.41 Å². The second-order valence-electron chi connectivity index (χ2n) is 5.97. The van der Waals surface area contributed by atoms with E-state index in [1.54, 1.807) is 0 Å². The zero-order chi connectivity index (χ0) is 14.5. The lowest BCUT2D eigenvalue weighted by Gasteiger charge is -2.22. The predicted molar refractivity (Wildman–Crippen MR) is 84.6 cm³/mol. The van der Waals surface area contributed by atoms with E-state index in [2.05, 4.69) is 42.0 Å². The van der Waals surface area contributed by atoms with Crippen molar-refractivity contribution in [2.75, 3.05) is 6.54 Å². The fourth-order valence-electron chi connectivity index (χ4n) is 1.81. The maximum atomic E-state index is 11.8. The molecule has 0 spiro atoms. The van der Waals surface area contributed by atoms with Crippen LogP contribution < -0.4 is 5.32 Å². The number of hydrogen-bond acceptors (Lipinski definition) is 1. The Morgan fingerprint density at radius 3 is 2.42 bits per heavy atom. The van der Waals surface area contributed by atoms with Gasteiger partial charge >= 0.3 is 0 Å². The highest BCUT2D eigenvalue weighted by molar-refractivity contribution is 9.10. The molecule has 2 nitrogen and oxygen atoms in total. The zero-order valence-electron chi connectivity index (χ0n) is 11.7. The SMILES string of the molecule is CC(C)(C)CC(Cl)CNC(=O)Cc1ccc(Br)cc1. The Labute approximate surface area is 129 Å². The first-order valence-electron chi connectivity index (χ1n) is 6.41. The van der Waals surface area contributed by atoms with Crippen molar-refractivity contribution in [2.45, 2.75) is 39.0 Å². The Morgan fingerprint density at radius 2 is 1.89 bits per heavy atom. The molecule has 1 rings (SSSR count). The minimum absolute atomic E-state index is 0.0156. The molecule has 1 atom stereocenters. The highest BCUT2D eigenvalue weighted by atomic mass is 79.9. The van der Waals surface area contributed by atoms with Gasteiger partial charge in [-0.1, -0.05) is 48.8 Å². The van der Waals surface area contributed by atoms with Gasteiger partial charge in [0, 0.05) is 11.0 Å². The second-order valence-corrected chi connectivity index (χ2v) is 7.50. The lowest BCUT2D eigenvalue weighted by molar-refractivity contribution is -0.120. The number of benzene rings is 1. The van der Waals surface area contributed by atoms with Gasteiger partial charge in [-0.05, 0) is 29.5 Å². The first-order chi connectivity index (χ1) is 8.76. The van der Waals surface area contributed by atoms with Gasteiger partial charge in [0.1, 0.15) is 0 Å². The van der Waals surface area contributed by atoms with Crippen LogP contribution in [-0.4, -0.2) is 17.8 Å². The van der Waals surface area contributed by atoms with Gasteiger partial charge in [-0.3, -0.25) is 4.79 Å². The molecule has 1 unspecified atom stereocenters. The number of halogens is 2. The topological polar surface area (TPSA) is 29.1 Å². The Bertz CT molecular complexity index is 411. The molecule has 1 aromatic rings. The lowest BCUT2D eigenvalue weighted by atomic mass is 9.90. The van der Waals surface area contributed by atoms with Crippen LogP contribution in [-0.2, 0) is 11.2 Å². The molecule has 0 fully saturated rings. The van der Waals surface area contributed by atoms with Gasteiger partial charge in [0.2, 0.25) is 5.91 Å². The molecule has 1 aromatic carbocycles. The molecule has 0 bridgehead atoms. The summed E-state index contributed by atoms with van der Waals surface area (Å²) in [6.07, 6.45) is 1.28. The van der Waals surface area contributed by atoms with E-state index < -0.39 is 0 Å². The number of alkyl halides is 1. The van der Waals surface area contributed by atoms with Crippen LogP contribution in [0.15, 0.2) is 28.7 Å². The van der Waals surface area contributed by atoms with E-state index in [4.69, 9.17) is 11.6 Å². The molecule has 0 saturated carbocycles. The summed E-state index contributed by atoms with van der Waals surface area (Å²) in [4.78, 5) is 11.8. The van der Waals surface area contributed by atoms with Crippen molar-refractivity contribution in [3.05, 3.63) is 34.3 Å². The van der Waals surface area contributed by atoms with Crippen LogP contribution in [0.25, 0.3) is 0 Å². The van der Waals surface area contributed by atoms with Gasteiger partial charge in [-0.15, -0.1) is 11.6 Å². The number of carbonyl (C=O) groups is 1. The van der Waals surface area contributed by atoms with Crippen molar-refractivity contribution in [2.24, 2.45) is 5.41 Å². The van der Waals surface area contributed by atoms with E-state index in [0.717, 1.165) is 16.5 Å². The molecule has 1 N–H and O–H groups in total. The van der Waals surface area contributed by atoms with Crippen molar-refractivity contribution in [1.29, 1.82) is 0 Å². The third-order valence-electron chi connectivity index (χ3n) is 2.63. The summed E-state index contributed by atoms with van der Waals surface area (Å²) >= 11 is 9.58. The van der Waals surface area contributed by atoms with Gasteiger partial charge in [0.15, 0.2) is 0 Å². The van der Waals surface area contributed by atoms with E-state index in [-0.39, 0.29) is 16.7 Å². The minimum atomic E-state index is -0.0196. The van der Waals surface area contributed by atoms with E-state index in [0.29, 0.717) is 13.0 Å². The van der Waals surface area contributed by atoms with Gasteiger partial charge in [-0.2, -0.15) is 0 Å². The highest BCUT2D eigenvalue weighted by Gasteiger charge is 2.17. The summed E-state index contributed by atoms with van der Waals surface area (Å²) in [7, 11) is 0. The first-order valence-corrected chi connectivity index (χ1v) is 7.64. The fraction of sp³-hybridized carbons (Fsp3) is 0.533. The van der Waals surface area contributed by atoms with Crippen molar-refractivity contribution in [1.82, 2.24) is 5.32 Å². The molecule has 0 saturated heterocycles. The maximum absolute atomic E-state index is 11.8. The Morgan fingerprint density at radius 1 is 1.32 bits per heavy atom. The highest BCUT2D eigenvalue weighted by Crippen LogP contribution is 2.23. The van der Waals surface area contributed by atoms with Crippen molar-refractivity contribution >= 4 is 33.4 Å². The van der Waals surface area contributed by atoms with Crippen LogP contribution in [0.4, 0.5) is 0 Å². The molecule has 1 amide bonds. The second kappa shape index (κ2) is 7.30. The van der Waals surface area contributed by atoms with Gasteiger partial charge in [-0.25, -0.2) is 0 Å². The molecule has 106 valence electrons. The number of hydrogen-bond donors (Lipinski definition) is 1. The van der Waals surface area contributed by atoms with Crippen LogP contribution >= 0.6 is 27.5 Å². The minimum Gasteiger partial charge on any atom is -0.354 e. The lowest BCUT2D eigenvalue weighted by Crippen LogP contribution is -2.32. The smallest absolute Gasteiger partial charge is 0.224 e. The van der Waals surface area contributed by atoms with E-state index in [1.807, 2.05) is 24.3 Å². The zero-order valence-corrected chi connectivity index (χ0v) is 14.0. The first kappa shape index (κ1) is 16.5. The molecule has 4 heteroatoms. The average Bonchev–Trinajstić information content (AvgIpc) is 2.27. The average molecular weight is 347 g/mol. The predicted octanol–water partition coefficient (Wildman–Crippen LogP) is 4.15. The molecular weight excluding hydrogens is 326 g/mol. The van der Waals surface area contributed by atoms with E-state index in [1.165, 1.54) is 0 Å². The Hall–Kier alpha value is -0.540. The Kier molecular flexibility index (Phi) is 6.34. The van der Waals surface area contributed by atoms with Crippen molar-refractivity contribution < 1.29 is 4.79 Å². The molecule has 0 aliphatic rings. The van der Waals surface area contributed by atoms with Crippen LogP contribution in [0.5, 0.6) is 0 Å². The fourth-order valence-corrected chi connectivity index (χ4v) is 2.62. The summed E-state index contributed by atoms with van der Waals surface area (Å²) in [5, 5.41) is 2.87. The van der Waals surface area contributed by atoms with E-state index >= 15 is 0 Å². The number of amides is 1. The molecule has 0 aliphatic carbocycles. The number of nitrogens with one attached hydrogen (secondary N) is 1. The molecule has 19 heavy (non-hydrogen) atoms.